The van der Waals surface area contributed by atoms with E-state index < -0.39 is 0 Å². The summed E-state index contributed by atoms with van der Waals surface area (Å²) in [6.07, 6.45) is 3.42. The van der Waals surface area contributed by atoms with Crippen LogP contribution in [0.4, 0.5) is 0 Å². The topological polar surface area (TPSA) is 25.8 Å². The molecule has 0 saturated heterocycles. The molecule has 2 atom stereocenters. The van der Waals surface area contributed by atoms with E-state index in [0.29, 0.717) is 17.8 Å². The summed E-state index contributed by atoms with van der Waals surface area (Å²) in [7, 11) is 0. The monoisotopic (exact) mass is 350 g/mol. The Bertz CT molecular complexity index is 640. The van der Waals surface area contributed by atoms with Crippen LogP contribution in [0.15, 0.2) is 0 Å². The molecule has 2 heterocycles. The zero-order valence-electron chi connectivity index (χ0n) is 15.6. The van der Waals surface area contributed by atoms with Crippen molar-refractivity contribution < 1.29 is 0 Å². The number of nitrogens with zero attached hydrogens (tertiary/aromatic N) is 2. The molecule has 0 amide bonds. The maximum absolute atomic E-state index is 4.90. The molecule has 0 spiro atoms. The van der Waals surface area contributed by atoms with E-state index in [0.717, 1.165) is 6.42 Å². The fourth-order valence-electron chi connectivity index (χ4n) is 2.91. The fraction of sp³-hybridized carbons (Fsp3) is 0.684. The van der Waals surface area contributed by atoms with Crippen LogP contribution in [0.3, 0.4) is 0 Å². The third-order valence-corrected chi connectivity index (χ3v) is 6.98. The van der Waals surface area contributed by atoms with E-state index >= 15 is 0 Å². The molecule has 0 fully saturated rings. The Morgan fingerprint density at radius 1 is 0.826 bits per heavy atom. The van der Waals surface area contributed by atoms with Crippen LogP contribution in [-0.2, 0) is 6.42 Å². The summed E-state index contributed by atoms with van der Waals surface area (Å²) in [6, 6.07) is 0. The standard InChI is InChI=1S/C19H30N2S2/c1-8-16-14(6)22-18(20-16)12(4)9-10-13(5)19-21-17(11(2)3)15(7)23-19/h11-13H,8-10H2,1-7H3. The van der Waals surface area contributed by atoms with Gasteiger partial charge in [0.25, 0.3) is 0 Å². The second-order valence-electron chi connectivity index (χ2n) is 6.94. The second-order valence-corrected chi connectivity index (χ2v) is 9.41. The van der Waals surface area contributed by atoms with Gasteiger partial charge in [-0.15, -0.1) is 22.7 Å². The van der Waals surface area contributed by atoms with E-state index in [1.807, 2.05) is 22.7 Å². The minimum atomic E-state index is 0.525. The molecule has 2 aromatic rings. The van der Waals surface area contributed by atoms with Crippen LogP contribution in [0.2, 0.25) is 0 Å². The number of rotatable bonds is 7. The Kier molecular flexibility index (Phi) is 6.38. The van der Waals surface area contributed by atoms with E-state index in [2.05, 4.69) is 48.5 Å². The molecular formula is C19H30N2S2. The third kappa shape index (κ3) is 4.42. The van der Waals surface area contributed by atoms with Gasteiger partial charge in [-0.1, -0.05) is 34.6 Å². The SMILES string of the molecule is CCc1nc(C(C)CCC(C)c2nc(C(C)C)c(C)s2)sc1C. The van der Waals surface area contributed by atoms with Crippen molar-refractivity contribution in [1.29, 1.82) is 0 Å². The summed E-state index contributed by atoms with van der Waals surface area (Å²) in [5.74, 6) is 1.62. The first-order valence-corrected chi connectivity index (χ1v) is 10.4. The van der Waals surface area contributed by atoms with Crippen LogP contribution in [0.5, 0.6) is 0 Å². The molecule has 0 aliphatic carbocycles. The molecule has 0 aromatic carbocycles. The van der Waals surface area contributed by atoms with Crippen molar-refractivity contribution in [2.24, 2.45) is 0 Å². The maximum Gasteiger partial charge on any atom is 0.0959 e. The van der Waals surface area contributed by atoms with Crippen molar-refractivity contribution in [1.82, 2.24) is 9.97 Å². The Balaban J connectivity index is 1.97. The number of hydrogen-bond donors (Lipinski definition) is 0. The van der Waals surface area contributed by atoms with Crippen molar-refractivity contribution >= 4 is 22.7 Å². The average molecular weight is 351 g/mol. The van der Waals surface area contributed by atoms with Gasteiger partial charge in [-0.25, -0.2) is 9.97 Å². The van der Waals surface area contributed by atoms with E-state index in [1.54, 1.807) is 0 Å². The van der Waals surface area contributed by atoms with Crippen molar-refractivity contribution in [3.8, 4) is 0 Å². The summed E-state index contributed by atoms with van der Waals surface area (Å²) in [5.41, 5.74) is 2.56. The molecule has 128 valence electrons. The quantitative estimate of drug-likeness (QED) is 0.563. The highest BCUT2D eigenvalue weighted by Crippen LogP contribution is 2.34. The highest BCUT2D eigenvalue weighted by atomic mass is 32.1. The Morgan fingerprint density at radius 3 is 1.78 bits per heavy atom. The lowest BCUT2D eigenvalue weighted by Gasteiger charge is -2.12. The van der Waals surface area contributed by atoms with Gasteiger partial charge in [0, 0.05) is 21.6 Å². The first kappa shape index (κ1) is 18.6. The highest BCUT2D eigenvalue weighted by Gasteiger charge is 2.18. The normalized spacial score (nSPS) is 14.4. The van der Waals surface area contributed by atoms with Crippen LogP contribution in [0.1, 0.15) is 96.4 Å². The summed E-state index contributed by atoms with van der Waals surface area (Å²) in [4.78, 5) is 12.5. The molecule has 2 unspecified atom stereocenters. The minimum absolute atomic E-state index is 0.525. The zero-order chi connectivity index (χ0) is 17.1. The van der Waals surface area contributed by atoms with Crippen LogP contribution in [0, 0.1) is 13.8 Å². The van der Waals surface area contributed by atoms with E-state index in [9.17, 15) is 0 Å². The summed E-state index contributed by atoms with van der Waals surface area (Å²) in [5, 5.41) is 2.62. The van der Waals surface area contributed by atoms with Gasteiger partial charge in [0.15, 0.2) is 0 Å². The fourth-order valence-corrected chi connectivity index (χ4v) is 5.17. The van der Waals surface area contributed by atoms with Crippen LogP contribution in [-0.4, -0.2) is 9.97 Å². The molecule has 0 aliphatic rings. The molecule has 0 aliphatic heterocycles. The predicted molar refractivity (Wildman–Crippen MR) is 103 cm³/mol. The number of aromatic nitrogens is 2. The van der Waals surface area contributed by atoms with Crippen molar-refractivity contribution in [3.63, 3.8) is 0 Å². The van der Waals surface area contributed by atoms with E-state index in [-0.39, 0.29) is 0 Å². The molecule has 0 saturated carbocycles. The molecular weight excluding hydrogens is 320 g/mol. The lowest BCUT2D eigenvalue weighted by Crippen LogP contribution is -1.99. The van der Waals surface area contributed by atoms with Gasteiger partial charge in [-0.3, -0.25) is 0 Å². The van der Waals surface area contributed by atoms with Gasteiger partial charge in [0.2, 0.25) is 0 Å². The Labute approximate surface area is 149 Å². The molecule has 23 heavy (non-hydrogen) atoms. The first-order valence-electron chi connectivity index (χ1n) is 8.76. The summed E-state index contributed by atoms with van der Waals surface area (Å²) >= 11 is 3.77. The molecule has 0 radical (unpaired) electrons. The van der Waals surface area contributed by atoms with E-state index in [4.69, 9.17) is 9.97 Å². The third-order valence-electron chi connectivity index (χ3n) is 4.52. The first-order chi connectivity index (χ1) is 10.8. The lowest BCUT2D eigenvalue weighted by molar-refractivity contribution is 0.568. The van der Waals surface area contributed by atoms with Gasteiger partial charge in [0.1, 0.15) is 0 Å². The van der Waals surface area contributed by atoms with Crippen molar-refractivity contribution in [2.75, 3.05) is 0 Å². The molecule has 0 N–H and O–H groups in total. The average Bonchev–Trinajstić information content (AvgIpc) is 3.07. The van der Waals surface area contributed by atoms with E-state index in [1.165, 1.54) is 44.0 Å². The number of hydrogen-bond acceptors (Lipinski definition) is 4. The maximum atomic E-state index is 4.90. The molecule has 2 rings (SSSR count). The lowest BCUT2D eigenvalue weighted by atomic mass is 9.99. The van der Waals surface area contributed by atoms with Gasteiger partial charge in [-0.2, -0.15) is 0 Å². The Hall–Kier alpha value is -0.740. The molecule has 4 heteroatoms. The molecule has 0 bridgehead atoms. The highest BCUT2D eigenvalue weighted by molar-refractivity contribution is 7.12. The number of aryl methyl sites for hydroxylation is 3. The van der Waals surface area contributed by atoms with Crippen molar-refractivity contribution in [3.05, 3.63) is 31.2 Å². The summed E-state index contributed by atoms with van der Waals surface area (Å²) < 4.78 is 0. The smallest absolute Gasteiger partial charge is 0.0959 e. The van der Waals surface area contributed by atoms with Gasteiger partial charge in [-0.05, 0) is 39.0 Å². The minimum Gasteiger partial charge on any atom is -0.246 e. The van der Waals surface area contributed by atoms with Crippen LogP contribution in [0.25, 0.3) is 0 Å². The van der Waals surface area contributed by atoms with Crippen LogP contribution >= 0.6 is 22.7 Å². The number of thiazole rings is 2. The predicted octanol–water partition coefficient (Wildman–Crippen LogP) is 6.59. The summed E-state index contributed by atoms with van der Waals surface area (Å²) in [6.45, 7) is 15.7. The van der Waals surface area contributed by atoms with Gasteiger partial charge < -0.3 is 0 Å². The second kappa shape index (κ2) is 7.89. The van der Waals surface area contributed by atoms with Crippen molar-refractivity contribution in [2.45, 2.75) is 85.5 Å². The van der Waals surface area contributed by atoms with Crippen LogP contribution < -0.4 is 0 Å². The molecule has 2 aromatic heterocycles. The Morgan fingerprint density at radius 2 is 1.35 bits per heavy atom. The van der Waals surface area contributed by atoms with Gasteiger partial charge in [0.05, 0.1) is 21.4 Å². The largest absolute Gasteiger partial charge is 0.246 e. The molecule has 2 nitrogen and oxygen atoms in total. The van der Waals surface area contributed by atoms with Gasteiger partial charge >= 0.3 is 0 Å². The zero-order valence-corrected chi connectivity index (χ0v) is 17.2.